The molecule has 0 unspecified atom stereocenters. The molecule has 0 saturated carbocycles. The molecule has 0 saturated heterocycles. The standard InChI is InChI=1S/C54H38N2/c1-4-18-39(19-5-1)40-32-34-43(35-33-40)55(51-29-15-12-25-46(51)42-22-8-3-9-23-42)44-36-37-50-49-28-14-17-31-53(49)56(54(50)38-44)52-30-16-13-27-48(52)47-26-11-10-24-45(47)41-20-6-2-7-21-41/h1-38H. The third-order valence-electron chi connectivity index (χ3n) is 10.8. The van der Waals surface area contributed by atoms with Gasteiger partial charge in [-0.1, -0.05) is 188 Å². The van der Waals surface area contributed by atoms with E-state index in [9.17, 15) is 0 Å². The van der Waals surface area contributed by atoms with Gasteiger partial charge in [-0.2, -0.15) is 0 Å². The molecule has 1 aromatic heterocycles. The van der Waals surface area contributed by atoms with Crippen LogP contribution < -0.4 is 4.90 Å². The Morgan fingerprint density at radius 2 is 0.768 bits per heavy atom. The highest BCUT2D eigenvalue weighted by molar-refractivity contribution is 6.11. The van der Waals surface area contributed by atoms with Crippen molar-refractivity contribution < 1.29 is 0 Å². The third kappa shape index (κ3) is 5.95. The maximum atomic E-state index is 2.46. The van der Waals surface area contributed by atoms with E-state index < -0.39 is 0 Å². The van der Waals surface area contributed by atoms with E-state index in [0.717, 1.165) is 28.3 Å². The Labute approximate surface area is 327 Å². The molecule has 0 aliphatic carbocycles. The van der Waals surface area contributed by atoms with Crippen molar-refractivity contribution in [3.8, 4) is 50.2 Å². The minimum absolute atomic E-state index is 1.08. The second kappa shape index (κ2) is 14.4. The van der Waals surface area contributed by atoms with Crippen molar-refractivity contribution in [2.75, 3.05) is 4.90 Å². The zero-order valence-electron chi connectivity index (χ0n) is 30.8. The van der Waals surface area contributed by atoms with Crippen LogP contribution in [0.4, 0.5) is 17.1 Å². The number of aromatic nitrogens is 1. The molecule has 0 aliphatic rings. The van der Waals surface area contributed by atoms with Gasteiger partial charge in [0.1, 0.15) is 0 Å². The van der Waals surface area contributed by atoms with Crippen LogP contribution in [-0.2, 0) is 0 Å². The summed E-state index contributed by atoms with van der Waals surface area (Å²) in [5.41, 5.74) is 16.3. The van der Waals surface area contributed by atoms with Crippen molar-refractivity contribution in [2.45, 2.75) is 0 Å². The van der Waals surface area contributed by atoms with Gasteiger partial charge in [-0.3, -0.25) is 0 Å². The number of rotatable bonds is 8. The summed E-state index contributed by atoms with van der Waals surface area (Å²) >= 11 is 0. The molecule has 0 atom stereocenters. The number of para-hydroxylation sites is 3. The van der Waals surface area contributed by atoms with E-state index in [0.29, 0.717) is 0 Å². The molecule has 264 valence electrons. The summed E-state index contributed by atoms with van der Waals surface area (Å²) in [5, 5.41) is 2.44. The molecule has 10 rings (SSSR count). The lowest BCUT2D eigenvalue weighted by atomic mass is 9.93. The summed E-state index contributed by atoms with van der Waals surface area (Å²) in [5.74, 6) is 0. The van der Waals surface area contributed by atoms with Crippen LogP contribution in [-0.4, -0.2) is 4.57 Å². The normalized spacial score (nSPS) is 11.2. The quantitative estimate of drug-likeness (QED) is 0.152. The molecule has 2 nitrogen and oxygen atoms in total. The average molecular weight is 715 g/mol. The zero-order valence-corrected chi connectivity index (χ0v) is 30.8. The van der Waals surface area contributed by atoms with Crippen molar-refractivity contribution in [1.29, 1.82) is 0 Å². The van der Waals surface area contributed by atoms with E-state index >= 15 is 0 Å². The fraction of sp³-hybridized carbons (Fsp3) is 0. The lowest BCUT2D eigenvalue weighted by Gasteiger charge is -2.28. The number of fused-ring (bicyclic) bond motifs is 3. The second-order valence-electron chi connectivity index (χ2n) is 14.1. The van der Waals surface area contributed by atoms with Crippen LogP contribution in [0.5, 0.6) is 0 Å². The molecule has 0 spiro atoms. The van der Waals surface area contributed by atoms with Gasteiger partial charge >= 0.3 is 0 Å². The molecule has 56 heavy (non-hydrogen) atoms. The topological polar surface area (TPSA) is 8.17 Å². The highest BCUT2D eigenvalue weighted by Crippen LogP contribution is 2.45. The van der Waals surface area contributed by atoms with E-state index in [1.54, 1.807) is 0 Å². The van der Waals surface area contributed by atoms with Crippen LogP contribution in [0.15, 0.2) is 231 Å². The number of benzene rings is 9. The maximum absolute atomic E-state index is 2.46. The van der Waals surface area contributed by atoms with Crippen LogP contribution >= 0.6 is 0 Å². The number of hydrogen-bond donors (Lipinski definition) is 0. The van der Waals surface area contributed by atoms with E-state index in [1.807, 2.05) is 0 Å². The predicted molar refractivity (Wildman–Crippen MR) is 237 cm³/mol. The average Bonchev–Trinajstić information content (AvgIpc) is 3.61. The summed E-state index contributed by atoms with van der Waals surface area (Å²) in [6.07, 6.45) is 0. The largest absolute Gasteiger partial charge is 0.310 e. The number of anilines is 3. The van der Waals surface area contributed by atoms with Gasteiger partial charge in [0.05, 0.1) is 22.4 Å². The van der Waals surface area contributed by atoms with Gasteiger partial charge in [0.25, 0.3) is 0 Å². The number of hydrogen-bond acceptors (Lipinski definition) is 1. The van der Waals surface area contributed by atoms with Crippen LogP contribution in [0.25, 0.3) is 72.0 Å². The van der Waals surface area contributed by atoms with Gasteiger partial charge in [0.2, 0.25) is 0 Å². The third-order valence-corrected chi connectivity index (χ3v) is 10.8. The van der Waals surface area contributed by atoms with E-state index in [2.05, 4.69) is 240 Å². The first-order valence-corrected chi connectivity index (χ1v) is 19.2. The van der Waals surface area contributed by atoms with Crippen LogP contribution in [0.3, 0.4) is 0 Å². The van der Waals surface area contributed by atoms with Gasteiger partial charge in [0, 0.05) is 33.3 Å². The first kappa shape index (κ1) is 33.2. The molecule has 0 radical (unpaired) electrons. The number of nitrogens with zero attached hydrogens (tertiary/aromatic N) is 2. The lowest BCUT2D eigenvalue weighted by molar-refractivity contribution is 1.18. The SMILES string of the molecule is c1ccc(-c2ccc(N(c3ccc4c5ccccc5n(-c5ccccc5-c5ccccc5-c5ccccc5)c4c3)c3ccccc3-c3ccccc3)cc2)cc1. The molecule has 0 aliphatic heterocycles. The molecule has 1 heterocycles. The summed E-state index contributed by atoms with van der Waals surface area (Å²) < 4.78 is 2.46. The zero-order chi connectivity index (χ0) is 37.3. The monoisotopic (exact) mass is 714 g/mol. The van der Waals surface area contributed by atoms with Gasteiger partial charge in [-0.25, -0.2) is 0 Å². The Balaban J connectivity index is 1.21. The molecule has 0 N–H and O–H groups in total. The van der Waals surface area contributed by atoms with Gasteiger partial charge < -0.3 is 9.47 Å². The van der Waals surface area contributed by atoms with Crippen molar-refractivity contribution in [3.05, 3.63) is 231 Å². The first-order chi connectivity index (χ1) is 27.8. The fourth-order valence-corrected chi connectivity index (χ4v) is 8.23. The highest BCUT2D eigenvalue weighted by atomic mass is 15.1. The molecule has 2 heteroatoms. The Bertz CT molecular complexity index is 2940. The van der Waals surface area contributed by atoms with Crippen LogP contribution in [0, 0.1) is 0 Å². The molecule has 10 aromatic rings. The summed E-state index contributed by atoms with van der Waals surface area (Å²) in [7, 11) is 0. The Hall–Kier alpha value is -7.42. The minimum atomic E-state index is 1.08. The van der Waals surface area contributed by atoms with Crippen LogP contribution in [0.1, 0.15) is 0 Å². The van der Waals surface area contributed by atoms with Crippen molar-refractivity contribution in [3.63, 3.8) is 0 Å². The van der Waals surface area contributed by atoms with E-state index in [-0.39, 0.29) is 0 Å². The van der Waals surface area contributed by atoms with E-state index in [1.165, 1.54) is 60.8 Å². The lowest BCUT2D eigenvalue weighted by Crippen LogP contribution is -2.11. The van der Waals surface area contributed by atoms with E-state index in [4.69, 9.17) is 0 Å². The molecule has 0 bridgehead atoms. The summed E-state index contributed by atoms with van der Waals surface area (Å²) in [6.45, 7) is 0. The van der Waals surface area contributed by atoms with Gasteiger partial charge in [-0.15, -0.1) is 0 Å². The summed E-state index contributed by atoms with van der Waals surface area (Å²) in [6, 6.07) is 83.1. The minimum Gasteiger partial charge on any atom is -0.310 e. The molecule has 0 fully saturated rings. The van der Waals surface area contributed by atoms with Crippen molar-refractivity contribution >= 4 is 38.9 Å². The summed E-state index contributed by atoms with van der Waals surface area (Å²) in [4.78, 5) is 2.41. The molecular formula is C54H38N2. The van der Waals surface area contributed by atoms with Crippen LogP contribution in [0.2, 0.25) is 0 Å². The predicted octanol–water partition coefficient (Wildman–Crippen LogP) is 14.9. The molecule has 9 aromatic carbocycles. The first-order valence-electron chi connectivity index (χ1n) is 19.2. The highest BCUT2D eigenvalue weighted by Gasteiger charge is 2.21. The smallest absolute Gasteiger partial charge is 0.0562 e. The van der Waals surface area contributed by atoms with Crippen molar-refractivity contribution in [2.24, 2.45) is 0 Å². The van der Waals surface area contributed by atoms with Gasteiger partial charge in [-0.05, 0) is 75.8 Å². The fourth-order valence-electron chi connectivity index (χ4n) is 8.23. The second-order valence-corrected chi connectivity index (χ2v) is 14.1. The Kier molecular flexibility index (Phi) is 8.55. The van der Waals surface area contributed by atoms with Gasteiger partial charge in [0.15, 0.2) is 0 Å². The van der Waals surface area contributed by atoms with Crippen molar-refractivity contribution in [1.82, 2.24) is 4.57 Å². The Morgan fingerprint density at radius 3 is 1.48 bits per heavy atom. The Morgan fingerprint density at radius 1 is 0.286 bits per heavy atom. The molecular weight excluding hydrogens is 677 g/mol. The maximum Gasteiger partial charge on any atom is 0.0562 e. The molecule has 0 amide bonds.